The molecule has 162 valence electrons. The van der Waals surface area contributed by atoms with Gasteiger partial charge in [0.15, 0.2) is 0 Å². The van der Waals surface area contributed by atoms with E-state index < -0.39 is 39.1 Å². The quantitative estimate of drug-likeness (QED) is 0.471. The van der Waals surface area contributed by atoms with Crippen LogP contribution in [0, 0.1) is 0 Å². The van der Waals surface area contributed by atoms with Gasteiger partial charge in [-0.3, -0.25) is 0 Å². The number of alkyl halides is 9. The number of hydrogen-bond donors (Lipinski definition) is 0. The van der Waals surface area contributed by atoms with Crippen molar-refractivity contribution in [3.8, 4) is 5.75 Å². The minimum atomic E-state index is -7.36. The van der Waals surface area contributed by atoms with Crippen LogP contribution in [0.1, 0.15) is 5.56 Å². The molecule has 0 radical (unpaired) electrons. The number of rotatable bonds is 7. The Morgan fingerprint density at radius 3 is 1.90 bits per heavy atom. The minimum absolute atomic E-state index is 0.0685. The van der Waals surface area contributed by atoms with Crippen LogP contribution >= 0.6 is 0 Å². The number of halogens is 9. The van der Waals surface area contributed by atoms with E-state index in [9.17, 15) is 47.9 Å². The third kappa shape index (κ3) is 3.97. The predicted octanol–water partition coefficient (Wildman–Crippen LogP) is 3.46. The summed E-state index contributed by atoms with van der Waals surface area (Å²) in [6.45, 7) is 0.0685. The van der Waals surface area contributed by atoms with Crippen molar-refractivity contribution in [1.82, 2.24) is 14.8 Å². The van der Waals surface area contributed by atoms with Crippen LogP contribution in [0.5, 0.6) is 5.75 Å². The number of nitrogens with zero attached hydrogens (tertiary/aromatic N) is 3. The molecule has 1 aromatic carbocycles. The van der Waals surface area contributed by atoms with Gasteiger partial charge in [-0.05, 0) is 17.7 Å². The molecule has 0 aliphatic carbocycles. The normalized spacial score (nSPS) is 14.1. The molecule has 2 aromatic rings. The zero-order valence-electron chi connectivity index (χ0n) is 13.5. The third-order valence-corrected chi connectivity index (χ3v) is 4.67. The molecule has 0 N–H and O–H groups in total. The van der Waals surface area contributed by atoms with E-state index in [4.69, 9.17) is 0 Å². The molecule has 0 aliphatic rings. The van der Waals surface area contributed by atoms with Gasteiger partial charge in [-0.25, -0.2) is 9.67 Å². The van der Waals surface area contributed by atoms with E-state index in [1.807, 2.05) is 0 Å². The SMILES string of the molecule is O=S(=O)(Oc1ccc(Cn2cncn2)cc1)C(F)(F)C(F)(F)C(F)(F)C(F)(F)F. The fraction of sp³-hybridized carbons (Fsp3) is 0.385. The van der Waals surface area contributed by atoms with Gasteiger partial charge in [-0.2, -0.15) is 53.0 Å². The van der Waals surface area contributed by atoms with Gasteiger partial charge in [0.1, 0.15) is 18.4 Å². The highest BCUT2D eigenvalue weighted by atomic mass is 32.2. The molecule has 29 heavy (non-hydrogen) atoms. The van der Waals surface area contributed by atoms with Gasteiger partial charge in [0.05, 0.1) is 6.54 Å². The van der Waals surface area contributed by atoms with E-state index in [-0.39, 0.29) is 6.54 Å². The summed E-state index contributed by atoms with van der Waals surface area (Å²) in [6.07, 6.45) is -4.68. The van der Waals surface area contributed by atoms with Gasteiger partial charge in [0, 0.05) is 0 Å². The summed E-state index contributed by atoms with van der Waals surface area (Å²) in [4.78, 5) is 3.62. The summed E-state index contributed by atoms with van der Waals surface area (Å²) in [5.41, 5.74) is 0.376. The lowest BCUT2D eigenvalue weighted by atomic mass is 10.1. The summed E-state index contributed by atoms with van der Waals surface area (Å²) >= 11 is 0. The molecule has 6 nitrogen and oxygen atoms in total. The average molecular weight is 457 g/mol. The molecule has 0 saturated carbocycles. The molecule has 2 rings (SSSR count). The molecule has 0 bridgehead atoms. The summed E-state index contributed by atoms with van der Waals surface area (Å²) in [5, 5.41) is -3.19. The zero-order chi connectivity index (χ0) is 22.3. The van der Waals surface area contributed by atoms with Crippen molar-refractivity contribution in [3.05, 3.63) is 42.5 Å². The van der Waals surface area contributed by atoms with E-state index in [0.717, 1.165) is 12.1 Å². The highest BCUT2D eigenvalue weighted by molar-refractivity contribution is 7.88. The molecular weight excluding hydrogens is 449 g/mol. The molecule has 0 saturated heterocycles. The molecule has 0 aliphatic heterocycles. The Balaban J connectivity index is 2.27. The minimum Gasteiger partial charge on any atom is -0.378 e. The van der Waals surface area contributed by atoms with Crippen LogP contribution in [0.15, 0.2) is 36.9 Å². The van der Waals surface area contributed by atoms with Crippen LogP contribution in [-0.2, 0) is 16.7 Å². The van der Waals surface area contributed by atoms with E-state index in [2.05, 4.69) is 14.3 Å². The lowest BCUT2D eigenvalue weighted by Crippen LogP contribution is -2.63. The molecular formula is C13H8F9N3O3S. The second-order valence-electron chi connectivity index (χ2n) is 5.44. The topological polar surface area (TPSA) is 74.1 Å². The van der Waals surface area contributed by atoms with Gasteiger partial charge in [-0.1, -0.05) is 12.1 Å². The van der Waals surface area contributed by atoms with Crippen LogP contribution in [-0.4, -0.2) is 46.5 Å². The second kappa shape index (κ2) is 7.07. The van der Waals surface area contributed by atoms with Crippen LogP contribution in [0.4, 0.5) is 39.5 Å². The largest absolute Gasteiger partial charge is 0.460 e. The summed E-state index contributed by atoms with van der Waals surface area (Å²) in [6, 6.07) is 3.54. The lowest BCUT2D eigenvalue weighted by molar-refractivity contribution is -0.382. The number of benzene rings is 1. The first-order chi connectivity index (χ1) is 13.0. The Morgan fingerprint density at radius 2 is 1.45 bits per heavy atom. The van der Waals surface area contributed by atoms with Gasteiger partial charge >= 0.3 is 33.4 Å². The Morgan fingerprint density at radius 1 is 0.897 bits per heavy atom. The monoisotopic (exact) mass is 457 g/mol. The molecule has 1 aromatic heterocycles. The molecule has 0 amide bonds. The first-order valence-corrected chi connectivity index (χ1v) is 8.49. The van der Waals surface area contributed by atoms with Crippen LogP contribution in [0.3, 0.4) is 0 Å². The maximum absolute atomic E-state index is 13.6. The van der Waals surface area contributed by atoms with Crippen molar-refractivity contribution < 1.29 is 52.1 Å². The fourth-order valence-corrected chi connectivity index (χ4v) is 2.76. The van der Waals surface area contributed by atoms with Crippen molar-refractivity contribution in [3.63, 3.8) is 0 Å². The summed E-state index contributed by atoms with van der Waals surface area (Å²) in [5.74, 6) is -15.7. The first kappa shape index (κ1) is 22.8. The Kier molecular flexibility index (Phi) is 5.55. The van der Waals surface area contributed by atoms with E-state index in [1.165, 1.54) is 17.3 Å². The Hall–Kier alpha value is -2.52. The van der Waals surface area contributed by atoms with Crippen molar-refractivity contribution >= 4 is 10.1 Å². The fourth-order valence-electron chi connectivity index (χ4n) is 1.85. The first-order valence-electron chi connectivity index (χ1n) is 7.08. The van der Waals surface area contributed by atoms with Crippen LogP contribution in [0.25, 0.3) is 0 Å². The molecule has 0 unspecified atom stereocenters. The van der Waals surface area contributed by atoms with Crippen LogP contribution in [0.2, 0.25) is 0 Å². The highest BCUT2D eigenvalue weighted by Gasteiger charge is 2.86. The van der Waals surface area contributed by atoms with Crippen LogP contribution < -0.4 is 4.18 Å². The standard InChI is InChI=1S/C13H8F9N3O3S/c14-10(15,12(18,19)20)11(16,17)13(21,22)29(26,27)28-9-3-1-8(2-4-9)5-25-7-23-6-24-25/h1-4,6-7H,5H2. The Labute approximate surface area is 156 Å². The van der Waals surface area contributed by atoms with E-state index in [0.29, 0.717) is 17.7 Å². The number of aromatic nitrogens is 3. The van der Waals surface area contributed by atoms with Crippen molar-refractivity contribution in [2.45, 2.75) is 29.8 Å². The van der Waals surface area contributed by atoms with Gasteiger partial charge < -0.3 is 4.18 Å². The Bertz CT molecular complexity index is 942. The van der Waals surface area contributed by atoms with Gasteiger partial charge in [0.25, 0.3) is 0 Å². The highest BCUT2D eigenvalue weighted by Crippen LogP contribution is 2.54. The zero-order valence-corrected chi connectivity index (χ0v) is 14.4. The van der Waals surface area contributed by atoms with Gasteiger partial charge in [-0.15, -0.1) is 0 Å². The van der Waals surface area contributed by atoms with E-state index >= 15 is 0 Å². The van der Waals surface area contributed by atoms with E-state index in [1.54, 1.807) is 0 Å². The lowest BCUT2D eigenvalue weighted by Gasteiger charge is -2.32. The maximum Gasteiger partial charge on any atom is 0.460 e. The second-order valence-corrected chi connectivity index (χ2v) is 7.03. The predicted molar refractivity (Wildman–Crippen MR) is 76.0 cm³/mol. The molecule has 0 atom stereocenters. The van der Waals surface area contributed by atoms with Crippen molar-refractivity contribution in [2.24, 2.45) is 0 Å². The third-order valence-electron chi connectivity index (χ3n) is 3.37. The smallest absolute Gasteiger partial charge is 0.378 e. The maximum atomic E-state index is 13.6. The summed E-state index contributed by atoms with van der Waals surface area (Å²) < 4.78 is 143. The molecule has 1 heterocycles. The van der Waals surface area contributed by atoms with Crippen molar-refractivity contribution in [1.29, 1.82) is 0 Å². The molecule has 0 fully saturated rings. The molecule has 0 spiro atoms. The average Bonchev–Trinajstić information content (AvgIpc) is 3.08. The molecule has 16 heteroatoms. The van der Waals surface area contributed by atoms with Gasteiger partial charge in [0.2, 0.25) is 0 Å². The van der Waals surface area contributed by atoms with Crippen molar-refractivity contribution in [2.75, 3.05) is 0 Å². The summed E-state index contributed by atoms with van der Waals surface area (Å²) in [7, 11) is -6.97. The number of hydrogen-bond acceptors (Lipinski definition) is 5.